The van der Waals surface area contributed by atoms with Gasteiger partial charge < -0.3 is 4.74 Å². The molecule has 1 heterocycles. The minimum absolute atomic E-state index is 0.242. The fraction of sp³-hybridized carbons (Fsp3) is 0.238. The predicted octanol–water partition coefficient (Wildman–Crippen LogP) is 6.50. The fourth-order valence-electron chi connectivity index (χ4n) is 2.67. The summed E-state index contributed by atoms with van der Waals surface area (Å²) in [6.07, 6.45) is 0.180. The van der Waals surface area contributed by atoms with E-state index in [1.54, 1.807) is 25.1 Å². The number of amides is 1. The van der Waals surface area contributed by atoms with E-state index in [1.165, 1.54) is 11.3 Å². The van der Waals surface area contributed by atoms with E-state index in [0.717, 1.165) is 32.6 Å². The van der Waals surface area contributed by atoms with Crippen LogP contribution < -0.4 is 10.1 Å². The molecule has 1 N–H and O–H groups in total. The first-order valence-electron chi connectivity index (χ1n) is 8.86. The van der Waals surface area contributed by atoms with Crippen LogP contribution >= 0.6 is 38.9 Å². The summed E-state index contributed by atoms with van der Waals surface area (Å²) in [5.41, 5.74) is 2.81. The Morgan fingerprint density at radius 3 is 2.64 bits per heavy atom. The molecule has 1 aromatic heterocycles. The Balaban J connectivity index is 1.73. The molecule has 0 aliphatic carbocycles. The predicted molar refractivity (Wildman–Crippen MR) is 120 cm³/mol. The van der Waals surface area contributed by atoms with Gasteiger partial charge >= 0.3 is 0 Å². The number of rotatable bonds is 6. The van der Waals surface area contributed by atoms with Crippen molar-refractivity contribution in [3.63, 3.8) is 0 Å². The molecule has 0 aliphatic rings. The molecule has 1 atom stereocenters. The molecule has 0 saturated heterocycles. The Morgan fingerprint density at radius 2 is 2.00 bits per heavy atom. The molecule has 146 valence electrons. The second kappa shape index (κ2) is 9.07. The van der Waals surface area contributed by atoms with Crippen LogP contribution in [0.3, 0.4) is 0 Å². The minimum Gasteiger partial charge on any atom is -0.481 e. The van der Waals surface area contributed by atoms with E-state index in [2.05, 4.69) is 33.2 Å². The first-order chi connectivity index (χ1) is 13.4. The number of nitrogens with one attached hydrogen (secondary N) is 1. The zero-order valence-electron chi connectivity index (χ0n) is 15.8. The molecule has 2 aromatic carbocycles. The van der Waals surface area contributed by atoms with Crippen molar-refractivity contribution in [2.45, 2.75) is 33.3 Å². The quantitative estimate of drug-likeness (QED) is 0.439. The highest BCUT2D eigenvalue weighted by Crippen LogP contribution is 2.32. The van der Waals surface area contributed by atoms with Gasteiger partial charge in [0.2, 0.25) is 0 Å². The zero-order valence-corrected chi connectivity index (χ0v) is 18.9. The number of thiazole rings is 1. The Hall–Kier alpha value is -1.89. The fourth-order valence-corrected chi connectivity index (χ4v) is 4.09. The van der Waals surface area contributed by atoms with Crippen molar-refractivity contribution in [2.75, 3.05) is 5.32 Å². The Bertz CT molecular complexity index is 989. The third-order valence-electron chi connectivity index (χ3n) is 4.18. The smallest absolute Gasteiger partial charge is 0.266 e. The maximum Gasteiger partial charge on any atom is 0.266 e. The molecular weight excluding hydrogens is 460 g/mol. The molecule has 0 aliphatic heterocycles. The second-order valence-electron chi connectivity index (χ2n) is 6.31. The summed E-state index contributed by atoms with van der Waals surface area (Å²) >= 11 is 10.9. The van der Waals surface area contributed by atoms with Crippen LogP contribution in [0, 0.1) is 6.92 Å². The van der Waals surface area contributed by atoms with E-state index in [-0.39, 0.29) is 5.91 Å². The molecule has 1 unspecified atom stereocenters. The van der Waals surface area contributed by atoms with E-state index in [1.807, 2.05) is 31.2 Å². The molecule has 0 fully saturated rings. The average molecular weight is 480 g/mol. The number of benzene rings is 2. The van der Waals surface area contributed by atoms with Crippen LogP contribution in [0.5, 0.6) is 5.75 Å². The van der Waals surface area contributed by atoms with Gasteiger partial charge in [0.05, 0.1) is 5.69 Å². The first-order valence-corrected chi connectivity index (χ1v) is 10.9. The summed E-state index contributed by atoms with van der Waals surface area (Å²) in [5, 5.41) is 4.09. The van der Waals surface area contributed by atoms with Crippen molar-refractivity contribution in [1.82, 2.24) is 4.98 Å². The van der Waals surface area contributed by atoms with E-state index in [0.29, 0.717) is 15.9 Å². The largest absolute Gasteiger partial charge is 0.481 e. The summed E-state index contributed by atoms with van der Waals surface area (Å²) in [6.45, 7) is 5.69. The van der Waals surface area contributed by atoms with Crippen LogP contribution in [0.15, 0.2) is 46.9 Å². The highest BCUT2D eigenvalue weighted by Gasteiger charge is 2.19. The number of ether oxygens (including phenoxy) is 1. The Labute approximate surface area is 182 Å². The van der Waals surface area contributed by atoms with Gasteiger partial charge in [0, 0.05) is 19.9 Å². The van der Waals surface area contributed by atoms with Crippen molar-refractivity contribution in [3.8, 4) is 17.0 Å². The molecular formula is C21H20BrClN2O2S. The lowest BCUT2D eigenvalue weighted by atomic mass is 10.1. The number of nitrogens with zero attached hydrogens (tertiary/aromatic N) is 1. The van der Waals surface area contributed by atoms with E-state index in [9.17, 15) is 4.79 Å². The summed E-state index contributed by atoms with van der Waals surface area (Å²) in [7, 11) is 0. The number of carbonyl (C=O) groups excluding carboxylic acids is 1. The van der Waals surface area contributed by atoms with Crippen LogP contribution in [-0.4, -0.2) is 17.0 Å². The Kier molecular flexibility index (Phi) is 6.75. The minimum atomic E-state index is -0.662. The summed E-state index contributed by atoms with van der Waals surface area (Å²) in [4.78, 5) is 18.3. The van der Waals surface area contributed by atoms with Gasteiger partial charge in [-0.15, -0.1) is 11.3 Å². The van der Waals surface area contributed by atoms with Crippen LogP contribution in [0.25, 0.3) is 11.3 Å². The number of anilines is 1. The van der Waals surface area contributed by atoms with Gasteiger partial charge in [-0.25, -0.2) is 4.98 Å². The summed E-state index contributed by atoms with van der Waals surface area (Å²) < 4.78 is 6.81. The van der Waals surface area contributed by atoms with E-state index >= 15 is 0 Å². The molecule has 3 rings (SSSR count). The van der Waals surface area contributed by atoms with Gasteiger partial charge in [-0.1, -0.05) is 46.6 Å². The summed E-state index contributed by atoms with van der Waals surface area (Å²) in [5.74, 6) is 0.393. The molecule has 1 amide bonds. The molecule has 28 heavy (non-hydrogen) atoms. The van der Waals surface area contributed by atoms with Gasteiger partial charge in [-0.05, 0) is 56.2 Å². The van der Waals surface area contributed by atoms with Crippen molar-refractivity contribution in [3.05, 3.63) is 62.4 Å². The molecule has 4 nitrogen and oxygen atoms in total. The number of hydrogen-bond acceptors (Lipinski definition) is 4. The van der Waals surface area contributed by atoms with Crippen LogP contribution in [0.1, 0.15) is 24.3 Å². The lowest BCUT2D eigenvalue weighted by Gasteiger charge is -2.15. The van der Waals surface area contributed by atoms with Gasteiger partial charge in [0.25, 0.3) is 5.91 Å². The van der Waals surface area contributed by atoms with E-state index < -0.39 is 6.10 Å². The molecule has 7 heteroatoms. The molecule has 3 aromatic rings. The van der Waals surface area contributed by atoms with Crippen molar-refractivity contribution in [2.24, 2.45) is 0 Å². The molecule has 0 bridgehead atoms. The highest BCUT2D eigenvalue weighted by molar-refractivity contribution is 9.10. The Morgan fingerprint density at radius 1 is 1.29 bits per heavy atom. The first kappa shape index (κ1) is 20.8. The summed E-state index contributed by atoms with van der Waals surface area (Å²) in [6, 6.07) is 13.3. The number of halogens is 2. The number of hydrogen-bond donors (Lipinski definition) is 1. The number of aromatic nitrogens is 1. The van der Waals surface area contributed by atoms with Gasteiger partial charge in [0.15, 0.2) is 11.2 Å². The van der Waals surface area contributed by atoms with Crippen LogP contribution in [0.2, 0.25) is 5.02 Å². The maximum atomic E-state index is 12.6. The molecule has 0 spiro atoms. The zero-order chi connectivity index (χ0) is 20.3. The monoisotopic (exact) mass is 478 g/mol. The molecule has 0 saturated carbocycles. The van der Waals surface area contributed by atoms with Crippen molar-refractivity contribution < 1.29 is 9.53 Å². The lowest BCUT2D eigenvalue weighted by molar-refractivity contribution is -0.122. The number of aryl methyl sites for hydroxylation is 2. The SMILES string of the molecule is CCc1sc(NC(=O)C(C)Oc2ccc(Cl)cc2C)nc1-c1ccc(Br)cc1. The van der Waals surface area contributed by atoms with Gasteiger partial charge in [-0.3, -0.25) is 10.1 Å². The maximum absolute atomic E-state index is 12.6. The molecule has 0 radical (unpaired) electrons. The third kappa shape index (κ3) is 4.93. The van der Waals surface area contributed by atoms with Crippen molar-refractivity contribution >= 4 is 49.9 Å². The standard InChI is InChI=1S/C21H20BrClN2O2S/c1-4-18-19(14-5-7-15(22)8-6-14)24-21(28-18)25-20(26)13(3)27-17-10-9-16(23)11-12(17)2/h5-11,13H,4H2,1-3H3,(H,24,25,26). The number of carbonyl (C=O) groups is 1. The van der Waals surface area contributed by atoms with Crippen molar-refractivity contribution in [1.29, 1.82) is 0 Å². The third-order valence-corrected chi connectivity index (χ3v) is 6.06. The van der Waals surface area contributed by atoms with Crippen LogP contribution in [0.4, 0.5) is 5.13 Å². The normalized spacial score (nSPS) is 11.9. The van der Waals surface area contributed by atoms with Crippen LogP contribution in [-0.2, 0) is 11.2 Å². The van der Waals surface area contributed by atoms with Gasteiger partial charge in [-0.2, -0.15) is 0 Å². The average Bonchev–Trinajstić information content (AvgIpc) is 3.07. The highest BCUT2D eigenvalue weighted by atomic mass is 79.9. The van der Waals surface area contributed by atoms with Gasteiger partial charge in [0.1, 0.15) is 5.75 Å². The van der Waals surface area contributed by atoms with E-state index in [4.69, 9.17) is 16.3 Å². The topological polar surface area (TPSA) is 51.2 Å². The second-order valence-corrected chi connectivity index (χ2v) is 8.75. The lowest BCUT2D eigenvalue weighted by Crippen LogP contribution is -2.30.